The van der Waals surface area contributed by atoms with Crippen molar-refractivity contribution in [2.45, 2.75) is 117 Å². The summed E-state index contributed by atoms with van der Waals surface area (Å²) in [6.45, 7) is 14.2. The highest BCUT2D eigenvalue weighted by molar-refractivity contribution is 7.77. The van der Waals surface area contributed by atoms with Gasteiger partial charge >= 0.3 is 12.0 Å². The van der Waals surface area contributed by atoms with E-state index in [1.54, 1.807) is 25.3 Å². The lowest BCUT2D eigenvalue weighted by Gasteiger charge is -2.48. The number of thiol groups is 1. The Bertz CT molecular complexity index is 2370. The van der Waals surface area contributed by atoms with E-state index in [-0.39, 0.29) is 49.8 Å². The van der Waals surface area contributed by atoms with Gasteiger partial charge in [-0.3, -0.25) is 24.4 Å². The number of hydrazine groups is 1. The number of piperidine rings is 1. The molecular weight excluding hydrogens is 841 g/mol. The number of carbonyl (C=O) groups excluding carboxylic acids is 4. The zero-order valence-corrected chi connectivity index (χ0v) is 39.2. The van der Waals surface area contributed by atoms with Gasteiger partial charge in [0.1, 0.15) is 18.1 Å². The van der Waals surface area contributed by atoms with Crippen LogP contribution in [0.5, 0.6) is 0 Å². The van der Waals surface area contributed by atoms with Gasteiger partial charge in [-0.25, -0.2) is 9.78 Å². The molecule has 338 valence electrons. The molecule has 0 spiro atoms. The van der Waals surface area contributed by atoms with E-state index in [9.17, 15) is 19.2 Å². The van der Waals surface area contributed by atoms with Crippen molar-refractivity contribution >= 4 is 58.9 Å². The number of hydrogen-bond acceptors (Lipinski definition) is 12. The average molecular weight is 901 g/mol. The van der Waals surface area contributed by atoms with Crippen molar-refractivity contribution in [3.05, 3.63) is 58.2 Å². The molecule has 5 aliphatic rings. The van der Waals surface area contributed by atoms with Crippen molar-refractivity contribution in [1.82, 2.24) is 39.1 Å². The fraction of sp³-hybridized carbons (Fsp3) is 0.565. The molecule has 4 amide bonds. The number of methoxy groups -OCH3 is 1. The summed E-state index contributed by atoms with van der Waals surface area (Å²) in [4.78, 5) is 70.1. The van der Waals surface area contributed by atoms with Crippen LogP contribution >= 0.6 is 24.2 Å². The third-order valence-electron chi connectivity index (χ3n) is 13.0. The second-order valence-electron chi connectivity index (χ2n) is 18.5. The molecule has 4 fully saturated rings. The minimum absolute atomic E-state index is 0.0191. The molecular formula is C46H60N8O7S2. The Hall–Kier alpha value is -4.55. The van der Waals surface area contributed by atoms with Gasteiger partial charge in [-0.15, -0.1) is 11.3 Å². The van der Waals surface area contributed by atoms with Gasteiger partial charge in [0.2, 0.25) is 5.91 Å². The second kappa shape index (κ2) is 18.1. The number of amides is 4. The van der Waals surface area contributed by atoms with E-state index in [2.05, 4.69) is 54.9 Å². The summed E-state index contributed by atoms with van der Waals surface area (Å²) in [5.74, 6) is -1.64. The Balaban J connectivity index is 1.19. The van der Waals surface area contributed by atoms with Crippen molar-refractivity contribution in [3.8, 4) is 22.5 Å². The molecule has 8 bridgehead atoms. The molecule has 15 nitrogen and oxygen atoms in total. The quantitative estimate of drug-likeness (QED) is 0.152. The number of carbonyl (C=O) groups is 4. The number of aromatic nitrogens is 3. The first-order valence-electron chi connectivity index (χ1n) is 22.1. The van der Waals surface area contributed by atoms with E-state index in [4.69, 9.17) is 37.0 Å². The summed E-state index contributed by atoms with van der Waals surface area (Å²) < 4.78 is 21.4. The fourth-order valence-corrected chi connectivity index (χ4v) is 11.0. The standard InChI is InChI=1S/C46H60N8O7S2/c1-9-52-36-15-14-28-18-32(36)33(41(52)31-12-10-16-47-39(31)27(4)59-8)21-46(5,6)25-60-44(57)37-13-11-17-53(54(37)62)43(56)34(20-38-48-35(28)24-63-38)49-42(55)40(26(2)3)50(7)45(58)51-22-29-19-30(23-51)61-29/h10,12,14-16,18,24,26-27,29-30,34,37,40,62H,9,11,13,17,19-23,25H2,1-8H3,(H,49,55)/t27-,29?,30?,34-,37-,40-/m0/s1. The zero-order chi connectivity index (χ0) is 44.9. The number of ether oxygens (including phenoxy) is 3. The molecule has 6 atom stereocenters. The van der Waals surface area contributed by atoms with Gasteiger partial charge < -0.3 is 33.9 Å². The SMILES string of the molecule is CCn1c(-c2cccnc2[C@H](C)OC)c2c3cc(ccc31)-c1csc(n1)C[C@H](NC(=O)[C@H](C(C)C)N(C)C(=O)N1CC3CC(C1)O3)C(=O)N1CCC[C@@H](C(=O)OCC(C)(C)C2)N1S. The van der Waals surface area contributed by atoms with Crippen LogP contribution in [0.2, 0.25) is 0 Å². The first kappa shape index (κ1) is 45.0. The van der Waals surface area contributed by atoms with Crippen LogP contribution in [-0.4, -0.2) is 128 Å². The van der Waals surface area contributed by atoms with E-state index in [0.717, 1.165) is 51.1 Å². The lowest BCUT2D eigenvalue weighted by Crippen LogP contribution is -2.64. The number of cyclic esters (lactones) is 1. The van der Waals surface area contributed by atoms with E-state index in [0.29, 0.717) is 43.9 Å². The summed E-state index contributed by atoms with van der Waals surface area (Å²) in [5, 5.41) is 8.15. The number of urea groups is 1. The summed E-state index contributed by atoms with van der Waals surface area (Å²) >= 11 is 6.17. The summed E-state index contributed by atoms with van der Waals surface area (Å²) in [6.07, 6.45) is 4.12. The molecule has 9 rings (SSSR count). The normalized spacial score (nSPS) is 23.8. The summed E-state index contributed by atoms with van der Waals surface area (Å²) in [6, 6.07) is 7.38. The monoisotopic (exact) mass is 900 g/mol. The van der Waals surface area contributed by atoms with Crippen molar-refractivity contribution < 1.29 is 33.4 Å². The molecule has 0 saturated carbocycles. The van der Waals surface area contributed by atoms with Gasteiger partial charge in [0.25, 0.3) is 5.91 Å². The molecule has 4 saturated heterocycles. The number of hydrogen-bond donors (Lipinski definition) is 2. The topological polar surface area (TPSA) is 152 Å². The smallest absolute Gasteiger partial charge is 0.326 e. The fourth-order valence-electron chi connectivity index (χ4n) is 9.72. The molecule has 2 unspecified atom stereocenters. The van der Waals surface area contributed by atoms with Crippen LogP contribution in [0.15, 0.2) is 41.9 Å². The zero-order valence-electron chi connectivity index (χ0n) is 37.5. The van der Waals surface area contributed by atoms with E-state index < -0.39 is 41.3 Å². The lowest BCUT2D eigenvalue weighted by atomic mass is 9.84. The van der Waals surface area contributed by atoms with Crippen LogP contribution in [0.3, 0.4) is 0 Å². The number of pyridine rings is 1. The Morgan fingerprint density at radius 2 is 1.89 bits per heavy atom. The predicted octanol–water partition coefficient (Wildman–Crippen LogP) is 6.31. The second-order valence-corrected chi connectivity index (χ2v) is 19.9. The van der Waals surface area contributed by atoms with Crippen molar-refractivity contribution in [3.63, 3.8) is 0 Å². The number of benzene rings is 1. The van der Waals surface area contributed by atoms with Crippen LogP contribution in [0.4, 0.5) is 4.79 Å². The largest absolute Gasteiger partial charge is 0.464 e. The van der Waals surface area contributed by atoms with E-state index in [1.165, 1.54) is 25.7 Å². The maximum atomic E-state index is 14.7. The van der Waals surface area contributed by atoms with Crippen LogP contribution < -0.4 is 5.32 Å². The third-order valence-corrected chi connectivity index (χ3v) is 14.3. The lowest BCUT2D eigenvalue weighted by molar-refractivity contribution is -0.172. The van der Waals surface area contributed by atoms with Gasteiger partial charge in [0, 0.05) is 92.2 Å². The number of morpholine rings is 1. The number of nitrogens with zero attached hydrogens (tertiary/aromatic N) is 7. The van der Waals surface area contributed by atoms with Crippen LogP contribution in [0.25, 0.3) is 33.4 Å². The van der Waals surface area contributed by atoms with Gasteiger partial charge in [0.05, 0.1) is 47.0 Å². The van der Waals surface area contributed by atoms with Crippen molar-refractivity contribution in [1.29, 1.82) is 0 Å². The number of aryl methyl sites for hydroxylation is 1. The van der Waals surface area contributed by atoms with Crippen molar-refractivity contribution in [2.24, 2.45) is 11.3 Å². The maximum absolute atomic E-state index is 14.7. The number of thiazole rings is 1. The minimum atomic E-state index is -1.09. The summed E-state index contributed by atoms with van der Waals surface area (Å²) in [5.41, 5.74) is 6.14. The highest BCUT2D eigenvalue weighted by Gasteiger charge is 2.44. The maximum Gasteiger partial charge on any atom is 0.326 e. The number of esters is 1. The molecule has 4 aromatic rings. The first-order chi connectivity index (χ1) is 30.1. The molecule has 0 aliphatic carbocycles. The number of rotatable bonds is 8. The van der Waals surface area contributed by atoms with Crippen molar-refractivity contribution in [2.75, 3.05) is 40.4 Å². The van der Waals surface area contributed by atoms with Gasteiger partial charge in [-0.05, 0) is 68.9 Å². The number of nitrogens with one attached hydrogen (secondary N) is 1. The Morgan fingerprint density at radius 3 is 2.59 bits per heavy atom. The highest BCUT2D eigenvalue weighted by atomic mass is 32.1. The summed E-state index contributed by atoms with van der Waals surface area (Å²) in [7, 11) is 3.33. The molecule has 5 aliphatic heterocycles. The molecule has 0 radical (unpaired) electrons. The molecule has 17 heteroatoms. The van der Waals surface area contributed by atoms with Crippen LogP contribution in [-0.2, 0) is 48.0 Å². The van der Waals surface area contributed by atoms with E-state index in [1.807, 2.05) is 32.2 Å². The molecule has 3 aromatic heterocycles. The van der Waals surface area contributed by atoms with Gasteiger partial charge in [-0.1, -0.05) is 46.6 Å². The number of fused-ring (bicyclic) bond motifs is 8. The van der Waals surface area contributed by atoms with E-state index >= 15 is 0 Å². The van der Waals surface area contributed by atoms with Crippen LogP contribution in [0.1, 0.15) is 83.2 Å². The number of likely N-dealkylation sites (N-methyl/N-ethyl adjacent to an activating group) is 1. The van der Waals surface area contributed by atoms with Gasteiger partial charge in [0.15, 0.2) is 0 Å². The first-order valence-corrected chi connectivity index (χ1v) is 23.4. The highest BCUT2D eigenvalue weighted by Crippen LogP contribution is 2.42. The van der Waals surface area contributed by atoms with Gasteiger partial charge in [-0.2, -0.15) is 4.41 Å². The molecule has 63 heavy (non-hydrogen) atoms. The van der Waals surface area contributed by atoms with Crippen LogP contribution in [0, 0.1) is 11.3 Å². The predicted molar refractivity (Wildman–Crippen MR) is 244 cm³/mol. The average Bonchev–Trinajstić information content (AvgIpc) is 3.85. The molecule has 1 N–H and O–H groups in total. The Morgan fingerprint density at radius 1 is 1.14 bits per heavy atom. The Kier molecular flexibility index (Phi) is 13.0. The minimum Gasteiger partial charge on any atom is -0.464 e. The third kappa shape index (κ3) is 8.83. The molecule has 1 aromatic carbocycles. The Labute approximate surface area is 378 Å². The molecule has 8 heterocycles.